The first-order chi connectivity index (χ1) is 8.65. The van der Waals surface area contributed by atoms with Gasteiger partial charge in [-0.3, -0.25) is 15.6 Å². The molecular formula is C11H13N5OS. The van der Waals surface area contributed by atoms with E-state index in [-0.39, 0.29) is 6.03 Å². The smallest absolute Gasteiger partial charge is 0.291 e. The summed E-state index contributed by atoms with van der Waals surface area (Å²) in [7, 11) is 0. The zero-order valence-corrected chi connectivity index (χ0v) is 10.9. The number of carbonyl (C=O) groups is 1. The Hall–Kier alpha value is -2.02. The van der Waals surface area contributed by atoms with E-state index in [1.807, 2.05) is 0 Å². The van der Waals surface area contributed by atoms with Gasteiger partial charge < -0.3 is 0 Å². The Morgan fingerprint density at radius 3 is 2.67 bits per heavy atom. The normalized spacial score (nSPS) is 10.4. The summed E-state index contributed by atoms with van der Waals surface area (Å²) in [5.74, 6) is 0.803. The highest BCUT2D eigenvalue weighted by Gasteiger charge is 2.09. The third-order valence-electron chi connectivity index (χ3n) is 2.12. The third kappa shape index (κ3) is 3.24. The van der Waals surface area contributed by atoms with Gasteiger partial charge >= 0.3 is 6.03 Å². The van der Waals surface area contributed by atoms with Crippen molar-refractivity contribution in [1.29, 1.82) is 0 Å². The second kappa shape index (κ2) is 5.54. The lowest BCUT2D eigenvalue weighted by Crippen LogP contribution is -2.19. The summed E-state index contributed by atoms with van der Waals surface area (Å²) >= 11 is 1.46. The molecule has 0 spiro atoms. The summed E-state index contributed by atoms with van der Waals surface area (Å²) in [5.41, 5.74) is 0. The Morgan fingerprint density at radius 2 is 2.06 bits per heavy atom. The molecule has 0 aliphatic rings. The number of urea groups is 1. The maximum absolute atomic E-state index is 11.6. The van der Waals surface area contributed by atoms with Crippen LogP contribution in [0.1, 0.15) is 24.6 Å². The molecule has 18 heavy (non-hydrogen) atoms. The zero-order chi connectivity index (χ0) is 13.0. The Bertz CT molecular complexity index is 525. The minimum absolute atomic E-state index is 0.375. The number of hydrogen-bond acceptors (Lipinski definition) is 5. The number of nitrogens with zero attached hydrogens (tertiary/aromatic N) is 3. The molecule has 0 aliphatic carbocycles. The van der Waals surface area contributed by atoms with E-state index in [2.05, 4.69) is 39.4 Å². The molecule has 2 rings (SSSR count). The highest BCUT2D eigenvalue weighted by atomic mass is 32.1. The molecule has 2 heterocycles. The highest BCUT2D eigenvalue weighted by molar-refractivity contribution is 7.15. The van der Waals surface area contributed by atoms with Crippen molar-refractivity contribution < 1.29 is 4.79 Å². The van der Waals surface area contributed by atoms with E-state index in [1.165, 1.54) is 23.7 Å². The van der Waals surface area contributed by atoms with Crippen LogP contribution in [0.3, 0.4) is 0 Å². The molecule has 2 amide bonds. The fourth-order valence-corrected chi connectivity index (χ4v) is 2.03. The molecule has 0 atom stereocenters. The number of thiazole rings is 1. The van der Waals surface area contributed by atoms with Gasteiger partial charge in [-0.25, -0.2) is 14.8 Å². The fourth-order valence-electron chi connectivity index (χ4n) is 1.22. The van der Waals surface area contributed by atoms with Crippen molar-refractivity contribution in [3.05, 3.63) is 29.7 Å². The Labute approximate surface area is 109 Å². The number of hydrogen-bond donors (Lipinski definition) is 2. The second-order valence-electron chi connectivity index (χ2n) is 3.89. The van der Waals surface area contributed by atoms with Crippen molar-refractivity contribution >= 4 is 28.3 Å². The first kappa shape index (κ1) is 12.4. The van der Waals surface area contributed by atoms with Crippen molar-refractivity contribution in [2.24, 2.45) is 0 Å². The summed E-state index contributed by atoms with van der Waals surface area (Å²) in [6.45, 7) is 4.16. The molecule has 0 bridgehead atoms. The predicted molar refractivity (Wildman–Crippen MR) is 70.9 cm³/mol. The molecular weight excluding hydrogens is 250 g/mol. The molecule has 0 unspecified atom stereocenters. The van der Waals surface area contributed by atoms with Gasteiger partial charge in [0.15, 0.2) is 10.9 Å². The van der Waals surface area contributed by atoms with Crippen LogP contribution in [-0.4, -0.2) is 21.0 Å². The number of carbonyl (C=O) groups excluding carboxylic acids is 1. The monoisotopic (exact) mass is 263 g/mol. The van der Waals surface area contributed by atoms with Crippen molar-refractivity contribution in [2.75, 3.05) is 10.6 Å². The van der Waals surface area contributed by atoms with Gasteiger partial charge in [0.25, 0.3) is 0 Å². The largest absolute Gasteiger partial charge is 0.326 e. The zero-order valence-electron chi connectivity index (χ0n) is 10.0. The van der Waals surface area contributed by atoms with Gasteiger partial charge in [-0.15, -0.1) is 11.3 Å². The van der Waals surface area contributed by atoms with Crippen LogP contribution < -0.4 is 10.6 Å². The van der Waals surface area contributed by atoms with E-state index in [0.717, 1.165) is 4.88 Å². The highest BCUT2D eigenvalue weighted by Crippen LogP contribution is 2.25. The average molecular weight is 263 g/mol. The lowest BCUT2D eigenvalue weighted by atomic mass is 10.2. The summed E-state index contributed by atoms with van der Waals surface area (Å²) in [6, 6.07) is -0.375. The molecule has 2 aromatic rings. The minimum atomic E-state index is -0.375. The van der Waals surface area contributed by atoms with E-state index in [4.69, 9.17) is 0 Å². The second-order valence-corrected chi connectivity index (χ2v) is 4.95. The number of rotatable bonds is 3. The summed E-state index contributed by atoms with van der Waals surface area (Å²) in [6.07, 6.45) is 6.29. The van der Waals surface area contributed by atoms with Crippen molar-refractivity contribution in [1.82, 2.24) is 15.0 Å². The maximum atomic E-state index is 11.6. The molecule has 94 valence electrons. The topological polar surface area (TPSA) is 79.8 Å². The van der Waals surface area contributed by atoms with Crippen molar-refractivity contribution in [2.45, 2.75) is 19.8 Å². The molecule has 2 N–H and O–H groups in total. The van der Waals surface area contributed by atoms with Crippen LogP contribution in [0.25, 0.3) is 0 Å². The van der Waals surface area contributed by atoms with E-state index >= 15 is 0 Å². The number of anilines is 2. The fraction of sp³-hybridized carbons (Fsp3) is 0.273. The molecule has 0 saturated carbocycles. The van der Waals surface area contributed by atoms with Gasteiger partial charge in [-0.2, -0.15) is 0 Å². The van der Waals surface area contributed by atoms with Crippen molar-refractivity contribution in [3.8, 4) is 0 Å². The number of amides is 2. The van der Waals surface area contributed by atoms with E-state index < -0.39 is 0 Å². The first-order valence-electron chi connectivity index (χ1n) is 5.45. The third-order valence-corrected chi connectivity index (χ3v) is 3.33. The van der Waals surface area contributed by atoms with E-state index in [9.17, 15) is 4.79 Å². The standard InChI is InChI=1S/C11H13N5OS/c1-7(2)8-5-14-11(18-8)16-10(17)15-9-6-12-3-4-13-9/h3-7H,1-2H3,(H2,13,14,15,16,17). The predicted octanol–water partition coefficient (Wildman–Crippen LogP) is 2.70. The SMILES string of the molecule is CC(C)c1cnc(NC(=O)Nc2cnccn2)s1. The van der Waals surface area contributed by atoms with Crippen molar-refractivity contribution in [3.63, 3.8) is 0 Å². The first-order valence-corrected chi connectivity index (χ1v) is 6.26. The van der Waals surface area contributed by atoms with Gasteiger partial charge in [-0.1, -0.05) is 13.8 Å². The van der Waals surface area contributed by atoms with Crippen LogP contribution in [0.2, 0.25) is 0 Å². The molecule has 6 nitrogen and oxygen atoms in total. The van der Waals surface area contributed by atoms with Gasteiger partial charge in [0.2, 0.25) is 0 Å². The van der Waals surface area contributed by atoms with Crippen LogP contribution in [0, 0.1) is 0 Å². The van der Waals surface area contributed by atoms with Crippen LogP contribution in [0.5, 0.6) is 0 Å². The summed E-state index contributed by atoms with van der Waals surface area (Å²) in [5, 5.41) is 5.80. The molecule has 0 saturated heterocycles. The molecule has 7 heteroatoms. The van der Waals surface area contributed by atoms with Gasteiger partial charge in [0, 0.05) is 23.5 Å². The van der Waals surface area contributed by atoms with E-state index in [1.54, 1.807) is 12.4 Å². The molecule has 2 aromatic heterocycles. The minimum Gasteiger partial charge on any atom is -0.291 e. The lowest BCUT2D eigenvalue weighted by molar-refractivity contribution is 0.262. The van der Waals surface area contributed by atoms with Crippen LogP contribution >= 0.6 is 11.3 Å². The van der Waals surface area contributed by atoms with Crippen LogP contribution in [0.4, 0.5) is 15.7 Å². The molecule has 0 aromatic carbocycles. The van der Waals surface area contributed by atoms with Gasteiger partial charge in [-0.05, 0) is 5.92 Å². The quantitative estimate of drug-likeness (QED) is 0.892. The average Bonchev–Trinajstić information content (AvgIpc) is 2.78. The lowest BCUT2D eigenvalue weighted by Gasteiger charge is -2.03. The molecule has 0 radical (unpaired) electrons. The van der Waals surface area contributed by atoms with Gasteiger partial charge in [0.1, 0.15) is 0 Å². The Kier molecular flexibility index (Phi) is 3.83. The van der Waals surface area contributed by atoms with E-state index in [0.29, 0.717) is 16.9 Å². The van der Waals surface area contributed by atoms with Crippen LogP contribution in [-0.2, 0) is 0 Å². The van der Waals surface area contributed by atoms with Crippen LogP contribution in [0.15, 0.2) is 24.8 Å². The molecule has 0 fully saturated rings. The number of aromatic nitrogens is 3. The summed E-state index contributed by atoms with van der Waals surface area (Å²) < 4.78 is 0. The summed E-state index contributed by atoms with van der Waals surface area (Å²) in [4.78, 5) is 24.7. The Morgan fingerprint density at radius 1 is 1.22 bits per heavy atom. The van der Waals surface area contributed by atoms with Gasteiger partial charge in [0.05, 0.1) is 6.20 Å². The Balaban J connectivity index is 1.95. The molecule has 0 aliphatic heterocycles. The number of nitrogens with one attached hydrogen (secondary N) is 2. The maximum Gasteiger partial charge on any atom is 0.326 e.